The summed E-state index contributed by atoms with van der Waals surface area (Å²) in [6.07, 6.45) is 5.70. The first kappa shape index (κ1) is 14.5. The summed E-state index contributed by atoms with van der Waals surface area (Å²) in [6.45, 7) is 8.63. The first-order valence-corrected chi connectivity index (χ1v) is 7.16. The molecule has 0 aromatic carbocycles. The Bertz CT molecular complexity index is 344. The highest BCUT2D eigenvalue weighted by Gasteiger charge is 2.61. The summed E-state index contributed by atoms with van der Waals surface area (Å²) in [5.41, 5.74) is -0.728. The molecule has 4 nitrogen and oxygen atoms in total. The lowest BCUT2D eigenvalue weighted by Gasteiger charge is -2.47. The smallest absolute Gasteiger partial charge is 0.318 e. The van der Waals surface area contributed by atoms with E-state index in [9.17, 15) is 4.79 Å². The Morgan fingerprint density at radius 3 is 2.53 bits per heavy atom. The van der Waals surface area contributed by atoms with Crippen molar-refractivity contribution in [2.75, 3.05) is 13.2 Å². The van der Waals surface area contributed by atoms with Crippen LogP contribution in [0.1, 0.15) is 46.0 Å². The quantitative estimate of drug-likeness (QED) is 0.581. The standard InChI is InChI=1S/C15H24O4/c1-4-7-14(13(16)19-12(2)3)8-5-6-9-15(14)17-10-11-18-15/h4,12H,1,5-11H2,2-3H3/t14-/m1/s1. The number of esters is 1. The molecule has 0 radical (unpaired) electrons. The Labute approximate surface area is 115 Å². The van der Waals surface area contributed by atoms with E-state index in [0.29, 0.717) is 19.6 Å². The Morgan fingerprint density at radius 1 is 1.32 bits per heavy atom. The SMILES string of the molecule is C=CC[C@]1(C(=O)OC(C)C)CCCCC12OCCO2. The molecule has 0 unspecified atom stereocenters. The molecular formula is C15H24O4. The molecule has 0 N–H and O–H groups in total. The fourth-order valence-electron chi connectivity index (χ4n) is 3.26. The van der Waals surface area contributed by atoms with Gasteiger partial charge in [-0.1, -0.05) is 12.5 Å². The molecular weight excluding hydrogens is 244 g/mol. The fourth-order valence-corrected chi connectivity index (χ4v) is 3.26. The molecule has 2 aliphatic rings. The highest BCUT2D eigenvalue weighted by Crippen LogP contribution is 2.52. The zero-order chi connectivity index (χ0) is 13.9. The topological polar surface area (TPSA) is 44.8 Å². The maximum atomic E-state index is 12.7. The van der Waals surface area contributed by atoms with Crippen molar-refractivity contribution in [1.82, 2.24) is 0 Å². The van der Waals surface area contributed by atoms with Gasteiger partial charge in [0.25, 0.3) is 0 Å². The van der Waals surface area contributed by atoms with Crippen molar-refractivity contribution >= 4 is 5.97 Å². The minimum Gasteiger partial charge on any atom is -0.462 e. The molecule has 108 valence electrons. The second-order valence-corrected chi connectivity index (χ2v) is 5.69. The first-order valence-electron chi connectivity index (χ1n) is 7.16. The van der Waals surface area contributed by atoms with Crippen LogP contribution in [0.25, 0.3) is 0 Å². The van der Waals surface area contributed by atoms with Gasteiger partial charge in [0.05, 0.1) is 19.3 Å². The van der Waals surface area contributed by atoms with E-state index in [1.807, 2.05) is 13.8 Å². The number of carbonyl (C=O) groups is 1. The summed E-state index contributed by atoms with van der Waals surface area (Å²) in [4.78, 5) is 12.7. The molecule has 2 rings (SSSR count). The predicted octanol–water partition coefficient (Wildman–Crippen LogP) is 2.82. The Kier molecular flexibility index (Phi) is 4.31. The summed E-state index contributed by atoms with van der Waals surface area (Å²) in [6, 6.07) is 0. The van der Waals surface area contributed by atoms with Gasteiger partial charge in [-0.2, -0.15) is 0 Å². The van der Waals surface area contributed by atoms with Crippen LogP contribution in [-0.2, 0) is 19.0 Å². The fraction of sp³-hybridized carbons (Fsp3) is 0.800. The van der Waals surface area contributed by atoms with Crippen molar-refractivity contribution < 1.29 is 19.0 Å². The number of hydrogen-bond donors (Lipinski definition) is 0. The lowest BCUT2D eigenvalue weighted by molar-refractivity contribution is -0.260. The van der Waals surface area contributed by atoms with Crippen LogP contribution in [-0.4, -0.2) is 31.1 Å². The molecule has 1 aliphatic heterocycles. The van der Waals surface area contributed by atoms with Crippen molar-refractivity contribution in [3.05, 3.63) is 12.7 Å². The van der Waals surface area contributed by atoms with Gasteiger partial charge in [-0.15, -0.1) is 6.58 Å². The van der Waals surface area contributed by atoms with Crippen LogP contribution in [0.2, 0.25) is 0 Å². The van der Waals surface area contributed by atoms with Crippen LogP contribution in [0.15, 0.2) is 12.7 Å². The van der Waals surface area contributed by atoms with Gasteiger partial charge in [0.15, 0.2) is 5.79 Å². The van der Waals surface area contributed by atoms with Gasteiger partial charge in [-0.3, -0.25) is 4.79 Å². The van der Waals surface area contributed by atoms with Crippen molar-refractivity contribution in [1.29, 1.82) is 0 Å². The zero-order valence-electron chi connectivity index (χ0n) is 11.9. The molecule has 19 heavy (non-hydrogen) atoms. The van der Waals surface area contributed by atoms with Crippen molar-refractivity contribution in [3.63, 3.8) is 0 Å². The largest absolute Gasteiger partial charge is 0.462 e. The maximum Gasteiger partial charge on any atom is 0.318 e. The van der Waals surface area contributed by atoms with Gasteiger partial charge < -0.3 is 14.2 Å². The summed E-state index contributed by atoms with van der Waals surface area (Å²) >= 11 is 0. The summed E-state index contributed by atoms with van der Waals surface area (Å²) in [5, 5.41) is 0. The lowest BCUT2D eigenvalue weighted by atomic mass is 9.67. The van der Waals surface area contributed by atoms with E-state index in [2.05, 4.69) is 6.58 Å². The van der Waals surface area contributed by atoms with Gasteiger partial charge in [0, 0.05) is 6.42 Å². The first-order chi connectivity index (χ1) is 9.06. The second kappa shape index (κ2) is 5.63. The van der Waals surface area contributed by atoms with Crippen molar-refractivity contribution in [2.24, 2.45) is 5.41 Å². The zero-order valence-corrected chi connectivity index (χ0v) is 11.9. The molecule has 1 saturated heterocycles. The van der Waals surface area contributed by atoms with Crippen LogP contribution in [0.5, 0.6) is 0 Å². The molecule has 0 amide bonds. The number of hydrogen-bond acceptors (Lipinski definition) is 4. The third-order valence-electron chi connectivity index (χ3n) is 4.07. The van der Waals surface area contributed by atoms with E-state index >= 15 is 0 Å². The van der Waals surface area contributed by atoms with Crippen LogP contribution < -0.4 is 0 Å². The highest BCUT2D eigenvalue weighted by molar-refractivity contribution is 5.79. The molecule has 1 heterocycles. The van der Waals surface area contributed by atoms with E-state index in [1.54, 1.807) is 6.08 Å². The van der Waals surface area contributed by atoms with E-state index < -0.39 is 11.2 Å². The van der Waals surface area contributed by atoms with Crippen LogP contribution in [0, 0.1) is 5.41 Å². The molecule has 0 aromatic heterocycles. The number of allylic oxidation sites excluding steroid dienone is 1. The average molecular weight is 268 g/mol. The molecule has 0 aromatic rings. The molecule has 1 saturated carbocycles. The van der Waals surface area contributed by atoms with Crippen LogP contribution in [0.3, 0.4) is 0 Å². The third-order valence-corrected chi connectivity index (χ3v) is 4.07. The van der Waals surface area contributed by atoms with E-state index in [-0.39, 0.29) is 12.1 Å². The van der Waals surface area contributed by atoms with Crippen LogP contribution in [0.4, 0.5) is 0 Å². The molecule has 1 aliphatic carbocycles. The normalized spacial score (nSPS) is 29.6. The summed E-state index contributed by atoms with van der Waals surface area (Å²) < 4.78 is 17.2. The van der Waals surface area contributed by atoms with Crippen LogP contribution >= 0.6 is 0 Å². The van der Waals surface area contributed by atoms with Crippen molar-refractivity contribution in [3.8, 4) is 0 Å². The minimum absolute atomic E-state index is 0.130. The van der Waals surface area contributed by atoms with Crippen molar-refractivity contribution in [2.45, 2.75) is 57.8 Å². The number of ether oxygens (including phenoxy) is 3. The number of carbonyl (C=O) groups excluding carboxylic acids is 1. The van der Waals surface area contributed by atoms with Gasteiger partial charge in [0.1, 0.15) is 5.41 Å². The van der Waals surface area contributed by atoms with E-state index in [0.717, 1.165) is 25.7 Å². The number of rotatable bonds is 4. The lowest BCUT2D eigenvalue weighted by Crippen LogP contribution is -2.56. The Balaban J connectivity index is 2.33. The van der Waals surface area contributed by atoms with Gasteiger partial charge >= 0.3 is 5.97 Å². The molecule has 2 fully saturated rings. The average Bonchev–Trinajstić information content (AvgIpc) is 2.81. The third kappa shape index (κ3) is 2.43. The minimum atomic E-state index is -0.800. The van der Waals surface area contributed by atoms with E-state index in [4.69, 9.17) is 14.2 Å². The Hall–Kier alpha value is -0.870. The van der Waals surface area contributed by atoms with Gasteiger partial charge in [-0.25, -0.2) is 0 Å². The monoisotopic (exact) mass is 268 g/mol. The molecule has 0 bridgehead atoms. The van der Waals surface area contributed by atoms with Gasteiger partial charge in [0.2, 0.25) is 0 Å². The Morgan fingerprint density at radius 2 is 1.95 bits per heavy atom. The molecule has 1 atom stereocenters. The summed E-state index contributed by atoms with van der Waals surface area (Å²) in [7, 11) is 0. The maximum absolute atomic E-state index is 12.7. The predicted molar refractivity (Wildman–Crippen MR) is 71.6 cm³/mol. The second-order valence-electron chi connectivity index (χ2n) is 5.69. The highest BCUT2D eigenvalue weighted by atomic mass is 16.7. The van der Waals surface area contributed by atoms with E-state index in [1.165, 1.54) is 0 Å². The van der Waals surface area contributed by atoms with Gasteiger partial charge in [-0.05, 0) is 33.1 Å². The molecule has 1 spiro atoms. The molecule has 4 heteroatoms. The summed E-state index contributed by atoms with van der Waals surface area (Å²) in [5.74, 6) is -1.00.